The molecule has 11 heteroatoms. The number of piperidine rings is 1. The predicted octanol–water partition coefficient (Wildman–Crippen LogP) is 3.28. The highest BCUT2D eigenvalue weighted by atomic mass is 32.1. The summed E-state index contributed by atoms with van der Waals surface area (Å²) < 4.78 is 1.78. The van der Waals surface area contributed by atoms with E-state index in [1.807, 2.05) is 11.6 Å². The van der Waals surface area contributed by atoms with Gasteiger partial charge in [0.25, 0.3) is 5.91 Å². The predicted molar refractivity (Wildman–Crippen MR) is 125 cm³/mol. The summed E-state index contributed by atoms with van der Waals surface area (Å²) in [5.41, 5.74) is 1.14. The van der Waals surface area contributed by atoms with Gasteiger partial charge >= 0.3 is 6.09 Å². The normalized spacial score (nSPS) is 16.8. The van der Waals surface area contributed by atoms with E-state index in [4.69, 9.17) is 4.98 Å². The van der Waals surface area contributed by atoms with Gasteiger partial charge < -0.3 is 20.2 Å². The maximum absolute atomic E-state index is 13.3. The van der Waals surface area contributed by atoms with E-state index < -0.39 is 6.09 Å². The molecule has 5 rings (SSSR count). The number of hydrogen-bond acceptors (Lipinski definition) is 7. The van der Waals surface area contributed by atoms with Crippen molar-refractivity contribution in [2.24, 2.45) is 5.92 Å². The van der Waals surface area contributed by atoms with E-state index in [1.165, 1.54) is 17.7 Å². The molecule has 2 N–H and O–H groups in total. The van der Waals surface area contributed by atoms with Crippen LogP contribution < -0.4 is 5.32 Å². The van der Waals surface area contributed by atoms with Crippen LogP contribution in [0.2, 0.25) is 0 Å². The third kappa shape index (κ3) is 4.63. The molecule has 10 nitrogen and oxygen atoms in total. The third-order valence-electron chi connectivity index (χ3n) is 6.47. The van der Waals surface area contributed by atoms with Crippen LogP contribution in [0.1, 0.15) is 42.6 Å². The van der Waals surface area contributed by atoms with Crippen molar-refractivity contribution in [2.45, 2.75) is 38.1 Å². The molecule has 2 aliphatic rings. The van der Waals surface area contributed by atoms with Gasteiger partial charge in [-0.25, -0.2) is 19.3 Å². The molecule has 0 unspecified atom stereocenters. The molecular formula is C22H27N7O3S. The molecule has 0 radical (unpaired) electrons. The number of aromatic nitrogens is 4. The van der Waals surface area contributed by atoms with Crippen molar-refractivity contribution in [2.75, 3.05) is 32.0 Å². The average molecular weight is 470 g/mol. The number of carboxylic acid groups (broad SMARTS) is 1. The summed E-state index contributed by atoms with van der Waals surface area (Å²) in [5, 5.41) is 18.9. The molecule has 1 aliphatic carbocycles. The van der Waals surface area contributed by atoms with Gasteiger partial charge in [0.2, 0.25) is 0 Å². The van der Waals surface area contributed by atoms with Crippen LogP contribution in [0.25, 0.3) is 16.2 Å². The number of rotatable bonds is 7. The number of carbonyl (C=O) groups is 2. The number of thiazole rings is 1. The van der Waals surface area contributed by atoms with E-state index in [-0.39, 0.29) is 11.9 Å². The topological polar surface area (TPSA) is 116 Å². The van der Waals surface area contributed by atoms with Gasteiger partial charge in [-0.3, -0.25) is 4.79 Å². The molecule has 174 valence electrons. The van der Waals surface area contributed by atoms with Crippen molar-refractivity contribution in [3.63, 3.8) is 0 Å². The van der Waals surface area contributed by atoms with E-state index in [1.54, 1.807) is 40.1 Å². The number of fused-ring (bicyclic) bond motifs is 1. The lowest BCUT2D eigenvalue weighted by molar-refractivity contribution is 0.0638. The average Bonchev–Trinajstić information content (AvgIpc) is 3.37. The number of nitrogens with zero attached hydrogens (tertiary/aromatic N) is 6. The second-order valence-corrected chi connectivity index (χ2v) is 9.64. The molecule has 0 atom stereocenters. The Morgan fingerprint density at radius 3 is 2.76 bits per heavy atom. The van der Waals surface area contributed by atoms with Crippen molar-refractivity contribution < 1.29 is 14.7 Å². The van der Waals surface area contributed by atoms with Gasteiger partial charge in [0.1, 0.15) is 16.3 Å². The zero-order valence-electron chi connectivity index (χ0n) is 18.5. The maximum atomic E-state index is 13.3. The van der Waals surface area contributed by atoms with Crippen LogP contribution in [0, 0.1) is 5.92 Å². The Morgan fingerprint density at radius 2 is 2.03 bits per heavy atom. The first-order valence-corrected chi connectivity index (χ1v) is 12.2. The summed E-state index contributed by atoms with van der Waals surface area (Å²) in [7, 11) is 1.58. The second-order valence-electron chi connectivity index (χ2n) is 8.75. The van der Waals surface area contributed by atoms with E-state index in [0.29, 0.717) is 43.3 Å². The third-order valence-corrected chi connectivity index (χ3v) is 7.36. The molecule has 1 aliphatic heterocycles. The zero-order chi connectivity index (χ0) is 22.9. The first kappa shape index (κ1) is 21.6. The monoisotopic (exact) mass is 469 g/mol. The SMILES string of the molecule is CN(C(=O)O)C1CCN(C(=O)c2cc(NCCC3CC3)nc(-c3cnn4ccsc34)n2)CC1. The molecular weight excluding hydrogens is 442 g/mol. The fourth-order valence-electron chi connectivity index (χ4n) is 4.23. The van der Waals surface area contributed by atoms with Gasteiger partial charge in [0.15, 0.2) is 5.82 Å². The first-order valence-electron chi connectivity index (χ1n) is 11.3. The molecule has 0 aromatic carbocycles. The summed E-state index contributed by atoms with van der Waals surface area (Å²) in [5.74, 6) is 1.76. The maximum Gasteiger partial charge on any atom is 0.407 e. The molecule has 0 bridgehead atoms. The molecule has 2 amide bonds. The Morgan fingerprint density at radius 1 is 1.24 bits per heavy atom. The molecule has 1 saturated carbocycles. The molecule has 0 spiro atoms. The van der Waals surface area contributed by atoms with Gasteiger partial charge in [-0.2, -0.15) is 5.10 Å². The number of carbonyl (C=O) groups excluding carboxylic acids is 1. The summed E-state index contributed by atoms with van der Waals surface area (Å²) in [4.78, 5) is 37.9. The number of anilines is 1. The lowest BCUT2D eigenvalue weighted by atomic mass is 10.0. The van der Waals surface area contributed by atoms with Crippen LogP contribution in [-0.2, 0) is 0 Å². The smallest absolute Gasteiger partial charge is 0.407 e. The Balaban J connectivity index is 1.38. The van der Waals surface area contributed by atoms with Crippen molar-refractivity contribution in [1.29, 1.82) is 0 Å². The van der Waals surface area contributed by atoms with Crippen LogP contribution in [0.3, 0.4) is 0 Å². The number of amides is 2. The van der Waals surface area contributed by atoms with Crippen molar-refractivity contribution in [1.82, 2.24) is 29.4 Å². The van der Waals surface area contributed by atoms with Crippen LogP contribution in [-0.4, -0.2) is 79.2 Å². The highest BCUT2D eigenvalue weighted by Gasteiger charge is 2.29. The highest BCUT2D eigenvalue weighted by molar-refractivity contribution is 7.16. The van der Waals surface area contributed by atoms with Crippen LogP contribution in [0.4, 0.5) is 10.6 Å². The van der Waals surface area contributed by atoms with Gasteiger partial charge in [-0.1, -0.05) is 12.8 Å². The molecule has 33 heavy (non-hydrogen) atoms. The fraction of sp³-hybridized carbons (Fsp3) is 0.500. The zero-order valence-corrected chi connectivity index (χ0v) is 19.3. The minimum Gasteiger partial charge on any atom is -0.465 e. The summed E-state index contributed by atoms with van der Waals surface area (Å²) >= 11 is 1.55. The minimum absolute atomic E-state index is 0.0771. The largest absolute Gasteiger partial charge is 0.465 e. The van der Waals surface area contributed by atoms with Crippen LogP contribution >= 0.6 is 11.3 Å². The summed E-state index contributed by atoms with van der Waals surface area (Å²) in [6.45, 7) is 1.80. The van der Waals surface area contributed by atoms with E-state index in [0.717, 1.165) is 29.3 Å². The van der Waals surface area contributed by atoms with E-state index in [9.17, 15) is 14.7 Å². The van der Waals surface area contributed by atoms with Gasteiger partial charge in [0, 0.05) is 50.4 Å². The van der Waals surface area contributed by atoms with Gasteiger partial charge in [-0.15, -0.1) is 11.3 Å². The van der Waals surface area contributed by atoms with E-state index >= 15 is 0 Å². The molecule has 3 aromatic rings. The Hall–Kier alpha value is -3.21. The van der Waals surface area contributed by atoms with Crippen LogP contribution in [0.15, 0.2) is 23.8 Å². The Bertz CT molecular complexity index is 1160. The van der Waals surface area contributed by atoms with Crippen molar-refractivity contribution in [3.05, 3.63) is 29.5 Å². The second kappa shape index (κ2) is 8.97. The Kier molecular flexibility index (Phi) is 5.88. The molecule has 2 fully saturated rings. The minimum atomic E-state index is -0.941. The Labute approximate surface area is 195 Å². The number of hydrogen-bond donors (Lipinski definition) is 2. The molecule has 1 saturated heterocycles. The highest BCUT2D eigenvalue weighted by Crippen LogP contribution is 2.32. The number of nitrogens with one attached hydrogen (secondary N) is 1. The van der Waals surface area contributed by atoms with Gasteiger partial charge in [-0.05, 0) is 25.2 Å². The summed E-state index contributed by atoms with van der Waals surface area (Å²) in [6, 6.07) is 1.65. The van der Waals surface area contributed by atoms with Crippen molar-refractivity contribution >= 4 is 34.0 Å². The summed E-state index contributed by atoms with van der Waals surface area (Å²) in [6.07, 6.45) is 7.57. The first-order chi connectivity index (χ1) is 16.0. The van der Waals surface area contributed by atoms with Crippen molar-refractivity contribution in [3.8, 4) is 11.4 Å². The van der Waals surface area contributed by atoms with Gasteiger partial charge in [0.05, 0.1) is 11.8 Å². The molecule has 3 aromatic heterocycles. The standard InChI is InChI=1S/C22H27N7O3S/c1-27(22(31)32)15-5-8-28(9-6-15)20(30)17-12-18(23-7-4-14-2-3-14)26-19(25-17)16-13-24-29-10-11-33-21(16)29/h10-15H,2-9H2,1H3,(H,31,32)(H,23,25,26). The number of likely N-dealkylation sites (tertiary alicyclic amines) is 1. The molecule has 4 heterocycles. The van der Waals surface area contributed by atoms with E-state index in [2.05, 4.69) is 15.4 Å². The lowest BCUT2D eigenvalue weighted by Crippen LogP contribution is -2.47. The quantitative estimate of drug-likeness (QED) is 0.545. The lowest BCUT2D eigenvalue weighted by Gasteiger charge is -2.35. The van der Waals surface area contributed by atoms with Crippen LogP contribution in [0.5, 0.6) is 0 Å². The fourth-order valence-corrected chi connectivity index (χ4v) is 5.03.